The zero-order valence-corrected chi connectivity index (χ0v) is 38.4. The number of halogens is 60. The van der Waals surface area contributed by atoms with E-state index in [2.05, 4.69) is 0 Å². The first kappa shape index (κ1) is 87.7. The van der Waals surface area contributed by atoms with Crippen LogP contribution >= 0.6 is 0 Å². The monoisotopic (exact) mass is 1540 g/mol. The Bertz CT molecular complexity index is 2350. The predicted octanol–water partition coefficient (Wildman–Crippen LogP) is 19.3. The second-order valence-corrected chi connectivity index (χ2v) is 16.5. The lowest BCUT2D eigenvalue weighted by molar-refractivity contribution is -0.662. The number of hydrogen-bond donors (Lipinski definition) is 0. The van der Waals surface area contributed by atoms with E-state index in [1.807, 2.05) is 0 Å². The molecule has 0 aliphatic rings. The third-order valence-corrected chi connectivity index (χ3v) is 10.7. The molecule has 0 saturated heterocycles. The van der Waals surface area contributed by atoms with Gasteiger partial charge in [-0.25, -0.2) is 0 Å². The van der Waals surface area contributed by atoms with E-state index in [0.29, 0.717) is 0 Å². The molecule has 0 aromatic heterocycles. The van der Waals surface area contributed by atoms with Crippen LogP contribution in [-0.4, -0.2) is 168 Å². The smallest absolute Gasteiger partial charge is 0.273 e. The molecular weight excluding hydrogens is 1540 g/mol. The topological polar surface area (TPSA) is 27.7 Å². The Balaban J connectivity index is 12.8. The summed E-state index contributed by atoms with van der Waals surface area (Å²) in [5.41, 5.74) is -14.7. The Kier molecular flexibility index (Phi) is 20.3. The van der Waals surface area contributed by atoms with Crippen LogP contribution in [0.15, 0.2) is 0 Å². The van der Waals surface area contributed by atoms with Crippen molar-refractivity contribution in [1.82, 2.24) is 0 Å². The van der Waals surface area contributed by atoms with Gasteiger partial charge in [0.2, 0.25) is 0 Å². The SMILES string of the molecule is FC(F)(F)C(F)(F)C(F)(F)C(F)(F)C(F)(F)C(F)(F)C(F)(F)C(F)(F)C(C(OC(F)(C(F)(F)F)C(F)(F)F)(OC(F)(C(F)(F)F)C(F)(F)F)OC(F)(C(F)(F)F)C(F)(F)F)(C(F)(F)C(F)(F)F)C(F)(F)C(F)(F)C(F)(F)C(F)(F)C(F)(F)C(F)(F)C(F)(F)C(F)(F)F. The molecule has 0 aromatic carbocycles. The number of ether oxygens (including phenoxy) is 3. The summed E-state index contributed by atoms with van der Waals surface area (Å²) in [6, 6.07) is 0. The highest BCUT2D eigenvalue weighted by Gasteiger charge is 3.11. The first-order valence-electron chi connectivity index (χ1n) is 18.8. The molecular formula is C29F60O3. The second-order valence-electron chi connectivity index (χ2n) is 16.5. The van der Waals surface area contributed by atoms with E-state index in [9.17, 15) is 189 Å². The van der Waals surface area contributed by atoms with Gasteiger partial charge in [0.15, 0.2) is 0 Å². The molecule has 0 rings (SSSR count). The van der Waals surface area contributed by atoms with E-state index in [1.165, 1.54) is 0 Å². The lowest BCUT2D eigenvalue weighted by atomic mass is 9.61. The van der Waals surface area contributed by atoms with Crippen molar-refractivity contribution >= 4 is 0 Å². The van der Waals surface area contributed by atoms with Gasteiger partial charge >= 0.3 is 168 Å². The summed E-state index contributed by atoms with van der Waals surface area (Å²) in [5, 5.41) is 0. The van der Waals surface area contributed by atoms with Crippen molar-refractivity contribution in [2.24, 2.45) is 5.41 Å². The first-order chi connectivity index (χ1) is 38.4. The highest BCUT2D eigenvalue weighted by Crippen LogP contribution is 2.81. The molecule has 63 heteroatoms. The van der Waals surface area contributed by atoms with Crippen LogP contribution < -0.4 is 0 Å². The molecule has 0 unspecified atom stereocenters. The standard InChI is InChI=1S/C29F60O3/c30-2(31,5(36,37)7(40,41)9(44,45)11(48,49)13(52,53)15(56,57)21(66,67)68)1(4(34,35)20(63,64)65,3(32,33)6(38,39)8(42,43)10(46,47)12(50,51)14(54,55)16(58,59)22(69,70)71)29(90-17(60,23(72,73)74)24(75,76)77,91-18(61,25(78,79)80)26(81,82)83)92-19(62,27(84,85)86)28(87,88)89. The summed E-state index contributed by atoms with van der Waals surface area (Å²) >= 11 is 0. The minimum atomic E-state index is -14.7. The molecule has 0 aliphatic carbocycles. The Morgan fingerprint density at radius 3 is 0.326 bits per heavy atom. The van der Waals surface area contributed by atoms with Crippen molar-refractivity contribution in [1.29, 1.82) is 0 Å². The lowest BCUT2D eigenvalue weighted by Crippen LogP contribution is -2.90. The summed E-state index contributed by atoms with van der Waals surface area (Å²) in [6.07, 6.45) is -95.0. The normalized spacial score (nSPS) is 17.5. The Labute approximate surface area is 452 Å². The number of alkyl halides is 60. The van der Waals surface area contributed by atoms with Gasteiger partial charge in [-0.15, -0.1) is 0 Å². The summed E-state index contributed by atoms with van der Waals surface area (Å²) in [5.74, 6) is -228. The summed E-state index contributed by atoms with van der Waals surface area (Å²) in [7, 11) is 0. The van der Waals surface area contributed by atoms with Gasteiger partial charge in [-0.2, -0.15) is 263 Å². The van der Waals surface area contributed by atoms with Crippen LogP contribution in [0.3, 0.4) is 0 Å². The van der Waals surface area contributed by atoms with Gasteiger partial charge in [0.05, 0.1) is 0 Å². The maximum absolute atomic E-state index is 16.8. The van der Waals surface area contributed by atoms with E-state index in [-0.39, 0.29) is 14.2 Å². The van der Waals surface area contributed by atoms with Crippen LogP contribution in [0.4, 0.5) is 263 Å². The highest BCUT2D eigenvalue weighted by molar-refractivity contribution is 5.30. The van der Waals surface area contributed by atoms with Gasteiger partial charge in [0, 0.05) is 0 Å². The van der Waals surface area contributed by atoms with Crippen LogP contribution in [-0.2, 0) is 14.2 Å². The Morgan fingerprint density at radius 1 is 0.109 bits per heavy atom. The van der Waals surface area contributed by atoms with E-state index in [0.717, 1.165) is 0 Å². The molecule has 0 N–H and O–H groups in total. The Morgan fingerprint density at radius 2 is 0.217 bits per heavy atom. The minimum absolute atomic E-state index is 0.257. The van der Waals surface area contributed by atoms with Crippen molar-refractivity contribution in [2.75, 3.05) is 0 Å². The molecule has 0 bridgehead atoms. The largest absolute Gasteiger partial charge is 0.460 e. The van der Waals surface area contributed by atoms with Crippen LogP contribution in [0.1, 0.15) is 0 Å². The van der Waals surface area contributed by atoms with Crippen molar-refractivity contribution in [3.05, 3.63) is 0 Å². The summed E-state index contributed by atoms with van der Waals surface area (Å²) in [4.78, 5) is 0. The fourth-order valence-electron chi connectivity index (χ4n) is 5.86. The molecule has 0 amide bonds. The zero-order chi connectivity index (χ0) is 76.6. The molecule has 0 aromatic rings. The molecule has 0 atom stereocenters. The highest BCUT2D eigenvalue weighted by atomic mass is 19.5. The van der Waals surface area contributed by atoms with E-state index < -0.39 is 173 Å². The third-order valence-electron chi connectivity index (χ3n) is 10.7. The summed E-state index contributed by atoms with van der Waals surface area (Å²) in [6.45, 7) is 0. The second kappa shape index (κ2) is 21.3. The molecule has 0 radical (unpaired) electrons. The molecule has 0 fully saturated rings. The molecule has 554 valence electrons. The lowest BCUT2D eigenvalue weighted by Gasteiger charge is -2.61. The van der Waals surface area contributed by atoms with Gasteiger partial charge in [0.25, 0.3) is 5.41 Å². The van der Waals surface area contributed by atoms with E-state index in [4.69, 9.17) is 0 Å². The molecule has 0 saturated carbocycles. The van der Waals surface area contributed by atoms with E-state index >= 15 is 74.6 Å². The molecule has 0 aliphatic heterocycles. The maximum Gasteiger partial charge on any atom is 0.460 e. The average molecular weight is 1540 g/mol. The van der Waals surface area contributed by atoms with Crippen LogP contribution in [0.25, 0.3) is 0 Å². The first-order valence-corrected chi connectivity index (χ1v) is 18.8. The van der Waals surface area contributed by atoms with Crippen LogP contribution in [0, 0.1) is 5.41 Å². The van der Waals surface area contributed by atoms with Crippen molar-refractivity contribution < 1.29 is 278 Å². The average Bonchev–Trinajstić information content (AvgIpc) is 0.637. The van der Waals surface area contributed by atoms with Gasteiger partial charge < -0.3 is 0 Å². The van der Waals surface area contributed by atoms with Gasteiger partial charge in [-0.3, -0.25) is 14.2 Å². The fourth-order valence-corrected chi connectivity index (χ4v) is 5.86. The van der Waals surface area contributed by atoms with Crippen molar-refractivity contribution in [3.8, 4) is 0 Å². The number of rotatable bonds is 22. The van der Waals surface area contributed by atoms with Gasteiger partial charge in [0.1, 0.15) is 0 Å². The van der Waals surface area contributed by atoms with Gasteiger partial charge in [-0.05, 0) is 0 Å². The zero-order valence-electron chi connectivity index (χ0n) is 38.4. The maximum atomic E-state index is 16.8. The number of hydrogen-bond acceptors (Lipinski definition) is 3. The van der Waals surface area contributed by atoms with Gasteiger partial charge in [-0.1, -0.05) is 0 Å². The fraction of sp³-hybridized carbons (Fsp3) is 1.00. The molecule has 3 nitrogen and oxygen atoms in total. The predicted molar refractivity (Wildman–Crippen MR) is 149 cm³/mol. The van der Waals surface area contributed by atoms with Crippen LogP contribution in [0.2, 0.25) is 0 Å². The van der Waals surface area contributed by atoms with Crippen LogP contribution in [0.5, 0.6) is 0 Å². The molecule has 0 spiro atoms. The quantitative estimate of drug-likeness (QED) is 0.0799. The third kappa shape index (κ3) is 10.8. The van der Waals surface area contributed by atoms with Crippen molar-refractivity contribution in [2.45, 2.75) is 168 Å². The van der Waals surface area contributed by atoms with E-state index in [1.54, 1.807) is 0 Å². The molecule has 92 heavy (non-hydrogen) atoms. The minimum Gasteiger partial charge on any atom is -0.273 e. The Hall–Kier alpha value is -4.32. The summed E-state index contributed by atoms with van der Waals surface area (Å²) < 4.78 is 865. The van der Waals surface area contributed by atoms with Crippen molar-refractivity contribution in [3.63, 3.8) is 0 Å². The molecule has 0 heterocycles.